The van der Waals surface area contributed by atoms with E-state index in [-0.39, 0.29) is 17.8 Å². The van der Waals surface area contributed by atoms with E-state index in [9.17, 15) is 9.18 Å². The molecule has 134 valence electrons. The monoisotopic (exact) mass is 354 g/mol. The molecule has 1 amide bonds. The molecule has 3 aromatic rings. The number of amides is 1. The number of carbonyl (C=O) groups excluding carboxylic acids is 1. The molecule has 1 saturated heterocycles. The molecule has 0 spiro atoms. The molecule has 3 aromatic heterocycles. The highest BCUT2D eigenvalue weighted by Crippen LogP contribution is 2.21. The number of imidazole rings is 1. The van der Waals surface area contributed by atoms with E-state index < -0.39 is 0 Å². The number of hydrogen-bond acceptors (Lipinski definition) is 5. The van der Waals surface area contributed by atoms with Gasteiger partial charge in [-0.3, -0.25) is 9.20 Å². The predicted molar refractivity (Wildman–Crippen MR) is 95.1 cm³/mol. The third-order valence-corrected chi connectivity index (χ3v) is 4.47. The smallest absolute Gasteiger partial charge is 0.245 e. The van der Waals surface area contributed by atoms with Gasteiger partial charge in [0.15, 0.2) is 5.82 Å². The van der Waals surface area contributed by atoms with Gasteiger partial charge in [-0.25, -0.2) is 19.3 Å². The molecule has 26 heavy (non-hydrogen) atoms. The van der Waals surface area contributed by atoms with Gasteiger partial charge in [-0.1, -0.05) is 6.92 Å². The molecule has 1 N–H and O–H groups in total. The highest BCUT2D eigenvalue weighted by atomic mass is 19.1. The minimum Gasteiger partial charge on any atom is -0.358 e. The van der Waals surface area contributed by atoms with Crippen LogP contribution in [0, 0.1) is 5.82 Å². The van der Waals surface area contributed by atoms with Gasteiger partial charge in [0, 0.05) is 25.5 Å². The highest BCUT2D eigenvalue weighted by Gasteiger charge is 2.31. The summed E-state index contributed by atoms with van der Waals surface area (Å²) < 4.78 is 15.2. The van der Waals surface area contributed by atoms with E-state index in [0.717, 1.165) is 25.9 Å². The summed E-state index contributed by atoms with van der Waals surface area (Å²) in [5, 5.41) is 3.19. The van der Waals surface area contributed by atoms with Crippen molar-refractivity contribution in [2.24, 2.45) is 0 Å². The van der Waals surface area contributed by atoms with Crippen molar-refractivity contribution in [1.29, 1.82) is 0 Å². The molecule has 0 radical (unpaired) electrons. The zero-order valence-corrected chi connectivity index (χ0v) is 14.4. The molecule has 1 unspecified atom stereocenters. The van der Waals surface area contributed by atoms with Crippen LogP contribution in [0.25, 0.3) is 17.2 Å². The number of halogens is 1. The lowest BCUT2D eigenvalue weighted by molar-refractivity contribution is -0.128. The van der Waals surface area contributed by atoms with Crippen LogP contribution in [0.1, 0.15) is 19.8 Å². The van der Waals surface area contributed by atoms with Crippen LogP contribution in [0.2, 0.25) is 0 Å². The Labute approximate surface area is 149 Å². The van der Waals surface area contributed by atoms with Gasteiger partial charge in [-0.05, 0) is 31.0 Å². The maximum atomic E-state index is 13.6. The van der Waals surface area contributed by atoms with E-state index in [4.69, 9.17) is 0 Å². The maximum Gasteiger partial charge on any atom is 0.245 e. The first-order valence-corrected chi connectivity index (χ1v) is 8.67. The van der Waals surface area contributed by atoms with Crippen molar-refractivity contribution in [2.45, 2.75) is 25.8 Å². The Hall–Kier alpha value is -3.03. The van der Waals surface area contributed by atoms with Crippen LogP contribution in [0.3, 0.4) is 0 Å². The summed E-state index contributed by atoms with van der Waals surface area (Å²) in [6.45, 7) is 3.59. The van der Waals surface area contributed by atoms with Crippen molar-refractivity contribution in [1.82, 2.24) is 24.3 Å². The molecule has 1 aliphatic heterocycles. The third kappa shape index (κ3) is 2.98. The van der Waals surface area contributed by atoms with E-state index in [1.165, 1.54) is 12.3 Å². The fourth-order valence-corrected chi connectivity index (χ4v) is 3.23. The van der Waals surface area contributed by atoms with Gasteiger partial charge >= 0.3 is 0 Å². The van der Waals surface area contributed by atoms with E-state index in [0.29, 0.717) is 23.0 Å². The number of anilines is 1. The van der Waals surface area contributed by atoms with Crippen molar-refractivity contribution in [3.63, 3.8) is 0 Å². The standard InChI is InChI=1S/C18H19FN6O/c1-2-8-24-9-6-13(18(24)26)22-15-5-7-20-17(23-15)14-10-21-16-4-3-12(19)11-25(14)16/h3-5,7,10-11,13H,2,6,8-9H2,1H3,(H,20,22,23). The largest absolute Gasteiger partial charge is 0.358 e. The normalized spacial score (nSPS) is 17.2. The Morgan fingerprint density at radius 2 is 2.19 bits per heavy atom. The van der Waals surface area contributed by atoms with Crippen LogP contribution in [0.4, 0.5) is 10.2 Å². The molecule has 0 aliphatic carbocycles. The first kappa shape index (κ1) is 16.4. The molecular weight excluding hydrogens is 335 g/mol. The number of nitrogens with zero attached hydrogens (tertiary/aromatic N) is 5. The number of fused-ring (bicyclic) bond motifs is 1. The predicted octanol–water partition coefficient (Wildman–Crippen LogP) is 2.35. The van der Waals surface area contributed by atoms with Gasteiger partial charge < -0.3 is 10.2 Å². The molecule has 0 saturated carbocycles. The summed E-state index contributed by atoms with van der Waals surface area (Å²) in [5.74, 6) is 0.726. The zero-order valence-electron chi connectivity index (χ0n) is 14.4. The SMILES string of the molecule is CCCN1CCC(Nc2ccnc(-c3cnc4ccc(F)cn34)n2)C1=O. The molecule has 4 rings (SSSR count). The third-order valence-electron chi connectivity index (χ3n) is 4.47. The second-order valence-electron chi connectivity index (χ2n) is 6.30. The lowest BCUT2D eigenvalue weighted by Crippen LogP contribution is -2.34. The summed E-state index contributed by atoms with van der Waals surface area (Å²) in [6.07, 6.45) is 6.27. The summed E-state index contributed by atoms with van der Waals surface area (Å²) in [7, 11) is 0. The molecule has 1 atom stereocenters. The molecule has 8 heteroatoms. The summed E-state index contributed by atoms with van der Waals surface area (Å²) in [4.78, 5) is 27.3. The van der Waals surface area contributed by atoms with Gasteiger partial charge in [-0.2, -0.15) is 0 Å². The Balaban J connectivity index is 1.59. The fourth-order valence-electron chi connectivity index (χ4n) is 3.23. The van der Waals surface area contributed by atoms with Crippen LogP contribution in [0.5, 0.6) is 0 Å². The van der Waals surface area contributed by atoms with Gasteiger partial charge in [0.2, 0.25) is 5.91 Å². The summed E-state index contributed by atoms with van der Waals surface area (Å²) in [5.41, 5.74) is 1.21. The van der Waals surface area contributed by atoms with Crippen molar-refractivity contribution in [3.05, 3.63) is 42.6 Å². The van der Waals surface area contributed by atoms with Crippen molar-refractivity contribution in [2.75, 3.05) is 18.4 Å². The average molecular weight is 354 g/mol. The van der Waals surface area contributed by atoms with Gasteiger partial charge in [0.05, 0.1) is 6.20 Å². The molecule has 7 nitrogen and oxygen atoms in total. The van der Waals surface area contributed by atoms with E-state index >= 15 is 0 Å². The molecule has 1 aliphatic rings. The van der Waals surface area contributed by atoms with E-state index in [1.54, 1.807) is 28.9 Å². The lowest BCUT2D eigenvalue weighted by Gasteiger charge is -2.16. The van der Waals surface area contributed by atoms with Crippen LogP contribution in [0.15, 0.2) is 36.8 Å². The summed E-state index contributed by atoms with van der Waals surface area (Å²) >= 11 is 0. The van der Waals surface area contributed by atoms with E-state index in [1.807, 2.05) is 4.90 Å². The number of pyridine rings is 1. The number of carbonyl (C=O) groups is 1. The average Bonchev–Trinajstić information content (AvgIpc) is 3.20. The van der Waals surface area contributed by atoms with Gasteiger partial charge in [-0.15, -0.1) is 0 Å². The van der Waals surface area contributed by atoms with Gasteiger partial charge in [0.1, 0.15) is 29.0 Å². The van der Waals surface area contributed by atoms with Crippen LogP contribution < -0.4 is 5.32 Å². The molecule has 0 aromatic carbocycles. The molecule has 1 fully saturated rings. The lowest BCUT2D eigenvalue weighted by atomic mass is 10.2. The van der Waals surface area contributed by atoms with Crippen molar-refractivity contribution in [3.8, 4) is 11.5 Å². The second-order valence-corrected chi connectivity index (χ2v) is 6.30. The van der Waals surface area contributed by atoms with Crippen molar-refractivity contribution >= 4 is 17.4 Å². The fraction of sp³-hybridized carbons (Fsp3) is 0.333. The molecule has 0 bridgehead atoms. The quantitative estimate of drug-likeness (QED) is 0.761. The van der Waals surface area contributed by atoms with Crippen LogP contribution in [-0.2, 0) is 4.79 Å². The minimum atomic E-state index is -0.362. The maximum absolute atomic E-state index is 13.6. The first-order chi connectivity index (χ1) is 12.7. The molecule has 4 heterocycles. The number of hydrogen-bond donors (Lipinski definition) is 1. The number of nitrogens with one attached hydrogen (secondary N) is 1. The minimum absolute atomic E-state index is 0.101. The Morgan fingerprint density at radius 1 is 1.31 bits per heavy atom. The zero-order chi connectivity index (χ0) is 18.1. The second kappa shape index (κ2) is 6.70. The Morgan fingerprint density at radius 3 is 3.04 bits per heavy atom. The topological polar surface area (TPSA) is 75.4 Å². The van der Waals surface area contributed by atoms with Crippen LogP contribution >= 0.6 is 0 Å². The number of likely N-dealkylation sites (tertiary alicyclic amines) is 1. The summed E-state index contributed by atoms with van der Waals surface area (Å²) in [6, 6.07) is 4.41. The van der Waals surface area contributed by atoms with Crippen LogP contribution in [-0.4, -0.2) is 49.3 Å². The first-order valence-electron chi connectivity index (χ1n) is 8.67. The highest BCUT2D eigenvalue weighted by molar-refractivity contribution is 5.86. The molecular formula is C18H19FN6O. The van der Waals surface area contributed by atoms with E-state index in [2.05, 4.69) is 27.2 Å². The number of aromatic nitrogens is 4. The van der Waals surface area contributed by atoms with Crippen molar-refractivity contribution < 1.29 is 9.18 Å². The number of rotatable bonds is 5. The Kier molecular flexibility index (Phi) is 4.24. The Bertz CT molecular complexity index is 956. The van der Waals surface area contributed by atoms with Gasteiger partial charge in [0.25, 0.3) is 0 Å².